The second kappa shape index (κ2) is 7.78. The Morgan fingerprint density at radius 1 is 1.48 bits per heavy atom. The molecule has 1 unspecified atom stereocenters. The predicted octanol–water partition coefficient (Wildman–Crippen LogP) is 0.260. The van der Waals surface area contributed by atoms with Crippen LogP contribution in [-0.2, 0) is 19.6 Å². The first-order chi connectivity index (χ1) is 9.90. The van der Waals surface area contributed by atoms with Gasteiger partial charge < -0.3 is 9.84 Å². The number of nitrogens with one attached hydrogen (secondary N) is 1. The van der Waals surface area contributed by atoms with Gasteiger partial charge in [-0.3, -0.25) is 4.79 Å². The molecule has 1 atom stereocenters. The molecule has 0 fully saturated rings. The quantitative estimate of drug-likeness (QED) is 0.601. The lowest BCUT2D eigenvalue weighted by atomic mass is 10.2. The zero-order valence-electron chi connectivity index (χ0n) is 11.8. The largest absolute Gasteiger partial charge is 0.468 e. The van der Waals surface area contributed by atoms with Crippen LogP contribution in [-0.4, -0.2) is 39.3 Å². The summed E-state index contributed by atoms with van der Waals surface area (Å²) in [6.07, 6.45) is 0.314. The summed E-state index contributed by atoms with van der Waals surface area (Å²) in [5, 5.41) is 8.65. The van der Waals surface area contributed by atoms with E-state index in [1.807, 2.05) is 0 Å². The minimum Gasteiger partial charge on any atom is -0.468 e. The SMILES string of the molecule is COC(=O)C(C)NS(=O)(=O)c1cccc(C#CCCO)c1. The minimum absolute atomic E-state index is 0.00838. The van der Waals surface area contributed by atoms with Gasteiger partial charge in [0.15, 0.2) is 0 Å². The van der Waals surface area contributed by atoms with Crippen LogP contribution in [0.25, 0.3) is 0 Å². The van der Waals surface area contributed by atoms with E-state index in [2.05, 4.69) is 21.3 Å². The molecular weight excluding hydrogens is 294 g/mol. The number of aliphatic hydroxyl groups is 1. The number of sulfonamides is 1. The van der Waals surface area contributed by atoms with Crippen molar-refractivity contribution in [2.24, 2.45) is 0 Å². The molecule has 1 aromatic carbocycles. The molecule has 6 nitrogen and oxygen atoms in total. The van der Waals surface area contributed by atoms with Gasteiger partial charge in [0.1, 0.15) is 6.04 Å². The number of hydrogen-bond donors (Lipinski definition) is 2. The number of hydrogen-bond acceptors (Lipinski definition) is 5. The van der Waals surface area contributed by atoms with Crippen LogP contribution in [0, 0.1) is 11.8 Å². The van der Waals surface area contributed by atoms with Crippen LogP contribution in [0.15, 0.2) is 29.2 Å². The van der Waals surface area contributed by atoms with Gasteiger partial charge in [-0.25, -0.2) is 8.42 Å². The molecule has 1 aromatic rings. The van der Waals surface area contributed by atoms with Crippen molar-refractivity contribution < 1.29 is 23.1 Å². The van der Waals surface area contributed by atoms with Gasteiger partial charge in [-0.1, -0.05) is 17.9 Å². The third kappa shape index (κ3) is 5.19. The van der Waals surface area contributed by atoms with Crippen LogP contribution in [0.2, 0.25) is 0 Å². The van der Waals surface area contributed by atoms with Crippen molar-refractivity contribution in [1.29, 1.82) is 0 Å². The summed E-state index contributed by atoms with van der Waals surface area (Å²) in [6.45, 7) is 1.34. The third-order valence-corrected chi connectivity index (χ3v) is 4.04. The lowest BCUT2D eigenvalue weighted by molar-refractivity contribution is -0.142. The molecule has 0 aromatic heterocycles. The summed E-state index contributed by atoms with van der Waals surface area (Å²) in [6, 6.07) is 5.04. The van der Waals surface area contributed by atoms with Crippen molar-refractivity contribution in [3.63, 3.8) is 0 Å². The molecule has 0 aliphatic carbocycles. The third-order valence-electron chi connectivity index (χ3n) is 2.50. The van der Waals surface area contributed by atoms with Crippen molar-refractivity contribution in [3.05, 3.63) is 29.8 Å². The first kappa shape index (κ1) is 17.2. The topological polar surface area (TPSA) is 92.7 Å². The smallest absolute Gasteiger partial charge is 0.323 e. The highest BCUT2D eigenvalue weighted by Crippen LogP contribution is 2.11. The van der Waals surface area contributed by atoms with Gasteiger partial charge in [0, 0.05) is 12.0 Å². The maximum Gasteiger partial charge on any atom is 0.323 e. The van der Waals surface area contributed by atoms with E-state index in [0.29, 0.717) is 12.0 Å². The molecule has 0 spiro atoms. The van der Waals surface area contributed by atoms with E-state index < -0.39 is 22.0 Å². The van der Waals surface area contributed by atoms with Gasteiger partial charge in [0.25, 0.3) is 0 Å². The average Bonchev–Trinajstić information content (AvgIpc) is 2.46. The van der Waals surface area contributed by atoms with Crippen LogP contribution in [0.1, 0.15) is 18.9 Å². The molecule has 0 saturated carbocycles. The highest BCUT2D eigenvalue weighted by molar-refractivity contribution is 7.89. The van der Waals surface area contributed by atoms with Gasteiger partial charge in [-0.2, -0.15) is 4.72 Å². The summed E-state index contributed by atoms with van der Waals surface area (Å²) >= 11 is 0. The Balaban J connectivity index is 2.97. The molecule has 1 rings (SSSR count). The Hall–Kier alpha value is -1.88. The van der Waals surface area contributed by atoms with Gasteiger partial charge in [0.2, 0.25) is 10.0 Å². The van der Waals surface area contributed by atoms with Gasteiger partial charge >= 0.3 is 5.97 Å². The fraction of sp³-hybridized carbons (Fsp3) is 0.357. The minimum atomic E-state index is -3.84. The lowest BCUT2D eigenvalue weighted by Crippen LogP contribution is -2.39. The highest BCUT2D eigenvalue weighted by atomic mass is 32.2. The average molecular weight is 311 g/mol. The molecule has 0 heterocycles. The monoisotopic (exact) mass is 311 g/mol. The summed E-state index contributed by atoms with van der Waals surface area (Å²) in [5.74, 6) is 4.79. The van der Waals surface area contributed by atoms with Crippen LogP contribution in [0.3, 0.4) is 0 Å². The normalized spacial score (nSPS) is 12.1. The highest BCUT2D eigenvalue weighted by Gasteiger charge is 2.22. The van der Waals surface area contributed by atoms with Crippen molar-refractivity contribution in [2.45, 2.75) is 24.3 Å². The molecular formula is C14H17NO5S. The van der Waals surface area contributed by atoms with Gasteiger partial charge in [-0.05, 0) is 25.1 Å². The zero-order chi connectivity index (χ0) is 15.9. The predicted molar refractivity (Wildman–Crippen MR) is 76.8 cm³/mol. The zero-order valence-corrected chi connectivity index (χ0v) is 12.6. The van der Waals surface area contributed by atoms with Gasteiger partial charge in [-0.15, -0.1) is 0 Å². The Morgan fingerprint density at radius 3 is 2.81 bits per heavy atom. The summed E-state index contributed by atoms with van der Waals surface area (Å²) in [4.78, 5) is 11.3. The number of carbonyl (C=O) groups is 1. The lowest BCUT2D eigenvalue weighted by Gasteiger charge is -2.12. The fourth-order valence-corrected chi connectivity index (χ4v) is 2.72. The first-order valence-corrected chi connectivity index (χ1v) is 7.69. The number of aliphatic hydroxyl groups excluding tert-OH is 1. The summed E-state index contributed by atoms with van der Waals surface area (Å²) in [7, 11) is -2.65. The van der Waals surface area contributed by atoms with E-state index in [4.69, 9.17) is 5.11 Å². The van der Waals surface area contributed by atoms with Crippen molar-refractivity contribution in [2.75, 3.05) is 13.7 Å². The molecule has 0 bridgehead atoms. The molecule has 2 N–H and O–H groups in total. The molecule has 7 heteroatoms. The van der Waals surface area contributed by atoms with Crippen LogP contribution < -0.4 is 4.72 Å². The van der Waals surface area contributed by atoms with E-state index in [-0.39, 0.29) is 11.5 Å². The van der Waals surface area contributed by atoms with E-state index in [1.54, 1.807) is 12.1 Å². The van der Waals surface area contributed by atoms with Crippen LogP contribution in [0.4, 0.5) is 0 Å². The van der Waals surface area contributed by atoms with Crippen molar-refractivity contribution >= 4 is 16.0 Å². The van der Waals surface area contributed by atoms with Crippen LogP contribution in [0.5, 0.6) is 0 Å². The molecule has 0 aliphatic rings. The Morgan fingerprint density at radius 2 is 2.19 bits per heavy atom. The van der Waals surface area contributed by atoms with E-state index in [1.165, 1.54) is 26.2 Å². The Labute approximate surface area is 124 Å². The maximum absolute atomic E-state index is 12.1. The standard InChI is InChI=1S/C14H17NO5S/c1-11(14(17)20-2)15-21(18,19)13-8-5-7-12(10-13)6-3-4-9-16/h5,7-8,10-11,15-16H,4,9H2,1-2H3. The number of benzene rings is 1. The number of carbonyl (C=O) groups excluding carboxylic acids is 1. The number of ether oxygens (including phenoxy) is 1. The second-order valence-corrected chi connectivity index (χ2v) is 5.88. The Bertz CT molecular complexity index is 657. The summed E-state index contributed by atoms with van der Waals surface area (Å²) < 4.78 is 31.0. The maximum atomic E-state index is 12.1. The van der Waals surface area contributed by atoms with Crippen LogP contribution >= 0.6 is 0 Å². The molecule has 0 saturated heterocycles. The molecule has 0 radical (unpaired) electrons. The summed E-state index contributed by atoms with van der Waals surface area (Å²) in [5.41, 5.74) is 0.511. The Kier molecular flexibility index (Phi) is 6.37. The molecule has 0 amide bonds. The van der Waals surface area contributed by atoms with Gasteiger partial charge in [0.05, 0.1) is 18.6 Å². The van der Waals surface area contributed by atoms with Crippen molar-refractivity contribution in [3.8, 4) is 11.8 Å². The second-order valence-electron chi connectivity index (χ2n) is 4.17. The van der Waals surface area contributed by atoms with E-state index in [9.17, 15) is 13.2 Å². The number of methoxy groups -OCH3 is 1. The van der Waals surface area contributed by atoms with Crippen molar-refractivity contribution in [1.82, 2.24) is 4.72 Å². The number of rotatable bonds is 5. The molecule has 114 valence electrons. The number of esters is 1. The first-order valence-electron chi connectivity index (χ1n) is 6.20. The molecule has 0 aliphatic heterocycles. The fourth-order valence-electron chi connectivity index (χ4n) is 1.49. The van der Waals surface area contributed by atoms with E-state index in [0.717, 1.165) is 0 Å². The van der Waals surface area contributed by atoms with E-state index >= 15 is 0 Å². The molecule has 21 heavy (non-hydrogen) atoms.